The highest BCUT2D eigenvalue weighted by molar-refractivity contribution is 8.95. The molecule has 0 radical (unpaired) electrons. The topological polar surface area (TPSA) is 46.5 Å². The maximum Gasteiger partial charge on any atom is 0.319 e. The molecule has 0 amide bonds. The molecule has 0 spiro atoms. The highest BCUT2D eigenvalue weighted by Crippen LogP contribution is 2.61. The normalized spacial score (nSPS) is 16.5. The molecule has 2 unspecified atom stereocenters. The van der Waals surface area contributed by atoms with Crippen molar-refractivity contribution in [1.29, 1.82) is 0 Å². The summed E-state index contributed by atoms with van der Waals surface area (Å²) in [4.78, 5) is 20.8. The minimum absolute atomic E-state index is 0.321. The molecule has 7 heteroatoms. The zero-order valence-corrected chi connectivity index (χ0v) is 13.0. The molecule has 0 rings (SSSR count). The number of carbonyl (C=O) groups is 1. The third-order valence-electron chi connectivity index (χ3n) is 1.87. The van der Waals surface area contributed by atoms with Gasteiger partial charge in [-0.25, -0.2) is 0 Å². The van der Waals surface area contributed by atoms with Crippen LogP contribution in [0.3, 0.4) is 0 Å². The van der Waals surface area contributed by atoms with Crippen molar-refractivity contribution in [2.75, 3.05) is 6.61 Å². The second-order valence-corrected chi connectivity index (χ2v) is 13.2. The van der Waals surface area contributed by atoms with Crippen molar-refractivity contribution in [2.24, 2.45) is 0 Å². The Bertz CT molecular complexity index is 254. The van der Waals surface area contributed by atoms with Crippen molar-refractivity contribution < 1.29 is 14.4 Å². The fourth-order valence-electron chi connectivity index (χ4n) is 1.07. The summed E-state index contributed by atoms with van der Waals surface area (Å²) in [5, 5.41) is -0.445. The summed E-state index contributed by atoms with van der Waals surface area (Å²) in [5.41, 5.74) is 0. The number of ether oxygens (including phenoxy) is 1. The summed E-state index contributed by atoms with van der Waals surface area (Å²) in [7, 11) is 0. The SMILES string of the molecule is CCCCCCOC(=O)C(C)SP(O)(=S)S. The van der Waals surface area contributed by atoms with Crippen molar-refractivity contribution in [2.45, 2.75) is 44.8 Å². The van der Waals surface area contributed by atoms with Crippen molar-refractivity contribution in [3.8, 4) is 0 Å². The van der Waals surface area contributed by atoms with Crippen LogP contribution in [0, 0.1) is 0 Å². The third kappa shape index (κ3) is 9.97. The van der Waals surface area contributed by atoms with E-state index in [4.69, 9.17) is 16.5 Å². The van der Waals surface area contributed by atoms with E-state index in [1.165, 1.54) is 0 Å². The Morgan fingerprint density at radius 1 is 1.56 bits per heavy atom. The van der Waals surface area contributed by atoms with Gasteiger partial charge in [0.15, 0.2) is 4.67 Å². The number of unbranched alkanes of at least 4 members (excludes halogenated alkanes) is 3. The maximum absolute atomic E-state index is 11.4. The van der Waals surface area contributed by atoms with E-state index in [0.717, 1.165) is 37.1 Å². The van der Waals surface area contributed by atoms with E-state index < -0.39 is 9.92 Å². The van der Waals surface area contributed by atoms with Gasteiger partial charge in [-0.2, -0.15) is 0 Å². The predicted octanol–water partition coefficient (Wildman–Crippen LogP) is 3.38. The van der Waals surface area contributed by atoms with Crippen LogP contribution in [0.1, 0.15) is 39.5 Å². The minimum atomic E-state index is -2.68. The van der Waals surface area contributed by atoms with Crippen LogP contribution in [0.2, 0.25) is 0 Å². The molecule has 0 aromatic rings. The molecule has 0 aliphatic heterocycles. The van der Waals surface area contributed by atoms with E-state index in [2.05, 4.69) is 19.2 Å². The van der Waals surface area contributed by atoms with Gasteiger partial charge in [0, 0.05) is 0 Å². The number of esters is 1. The molecule has 2 atom stereocenters. The Morgan fingerprint density at radius 3 is 2.69 bits per heavy atom. The van der Waals surface area contributed by atoms with E-state index >= 15 is 0 Å². The first kappa shape index (κ1) is 16.8. The Labute approximate surface area is 112 Å². The van der Waals surface area contributed by atoms with Gasteiger partial charge < -0.3 is 9.63 Å². The zero-order chi connectivity index (χ0) is 12.6. The number of rotatable bonds is 8. The number of carbonyl (C=O) groups excluding carboxylic acids is 1. The molecule has 0 aromatic heterocycles. The van der Waals surface area contributed by atoms with Crippen LogP contribution < -0.4 is 0 Å². The van der Waals surface area contributed by atoms with Gasteiger partial charge in [0.25, 0.3) is 0 Å². The first-order chi connectivity index (χ1) is 7.37. The van der Waals surface area contributed by atoms with Gasteiger partial charge in [-0.05, 0) is 25.2 Å². The van der Waals surface area contributed by atoms with Crippen LogP contribution in [0.5, 0.6) is 0 Å². The highest BCUT2D eigenvalue weighted by atomic mass is 33.2. The quantitative estimate of drug-likeness (QED) is 0.311. The summed E-state index contributed by atoms with van der Waals surface area (Å²) >= 11 is 9.60. The molecular weight excluding hydrogens is 283 g/mol. The zero-order valence-electron chi connectivity index (χ0n) is 9.59. The fraction of sp³-hybridized carbons (Fsp3) is 0.889. The Balaban J connectivity index is 3.68. The maximum atomic E-state index is 11.4. The molecule has 0 aliphatic carbocycles. The second-order valence-electron chi connectivity index (χ2n) is 3.47. The smallest absolute Gasteiger partial charge is 0.319 e. The summed E-state index contributed by atoms with van der Waals surface area (Å²) < 4.78 is 2.38. The highest BCUT2D eigenvalue weighted by Gasteiger charge is 2.21. The molecular formula is C9H19O3PS3. The lowest BCUT2D eigenvalue weighted by molar-refractivity contribution is -0.142. The van der Waals surface area contributed by atoms with E-state index in [1.807, 2.05) is 0 Å². The first-order valence-corrected chi connectivity index (χ1v) is 10.7. The lowest BCUT2D eigenvalue weighted by atomic mass is 10.2. The summed E-state index contributed by atoms with van der Waals surface area (Å²) in [6.07, 6.45) is 4.30. The van der Waals surface area contributed by atoms with Crippen molar-refractivity contribution >= 4 is 46.1 Å². The second kappa shape index (κ2) is 8.81. The molecule has 96 valence electrons. The number of thiol groups is 1. The van der Waals surface area contributed by atoms with Crippen LogP contribution in [0.4, 0.5) is 0 Å². The fourth-order valence-corrected chi connectivity index (χ4v) is 5.56. The van der Waals surface area contributed by atoms with Crippen molar-refractivity contribution in [3.05, 3.63) is 0 Å². The summed E-state index contributed by atoms with van der Waals surface area (Å²) in [6, 6.07) is 0. The molecule has 0 saturated heterocycles. The van der Waals surface area contributed by atoms with E-state index in [-0.39, 0.29) is 5.97 Å². The average Bonchev–Trinajstić information content (AvgIpc) is 2.14. The van der Waals surface area contributed by atoms with Crippen LogP contribution in [-0.4, -0.2) is 22.7 Å². The molecule has 0 bridgehead atoms. The van der Waals surface area contributed by atoms with Crippen LogP contribution in [0.25, 0.3) is 0 Å². The van der Waals surface area contributed by atoms with Crippen LogP contribution in [-0.2, 0) is 21.3 Å². The molecule has 0 aromatic carbocycles. The van der Waals surface area contributed by atoms with Crippen LogP contribution in [0.15, 0.2) is 0 Å². The Hall–Kier alpha value is 0.780. The van der Waals surface area contributed by atoms with Gasteiger partial charge in [-0.15, -0.1) is 12.2 Å². The lowest BCUT2D eigenvalue weighted by Gasteiger charge is -2.13. The van der Waals surface area contributed by atoms with E-state index in [0.29, 0.717) is 6.61 Å². The van der Waals surface area contributed by atoms with Gasteiger partial charge in [0.1, 0.15) is 5.25 Å². The molecule has 0 heterocycles. The monoisotopic (exact) mass is 302 g/mol. The van der Waals surface area contributed by atoms with Gasteiger partial charge in [0.2, 0.25) is 0 Å². The van der Waals surface area contributed by atoms with Crippen LogP contribution >= 0.6 is 28.3 Å². The van der Waals surface area contributed by atoms with Gasteiger partial charge >= 0.3 is 5.97 Å². The van der Waals surface area contributed by atoms with E-state index in [1.54, 1.807) is 6.92 Å². The predicted molar refractivity (Wildman–Crippen MR) is 77.6 cm³/mol. The van der Waals surface area contributed by atoms with Gasteiger partial charge in [0.05, 0.1) is 6.61 Å². The summed E-state index contributed by atoms with van der Waals surface area (Å²) in [5.74, 6) is -0.321. The Kier molecular flexibility index (Phi) is 9.24. The van der Waals surface area contributed by atoms with E-state index in [9.17, 15) is 9.69 Å². The lowest BCUT2D eigenvalue weighted by Crippen LogP contribution is -2.17. The number of hydrogen-bond donors (Lipinski definition) is 2. The standard InChI is InChI=1S/C9H19O3PS3/c1-3-4-5-6-7-12-9(10)8(2)16-13(11,14)15/h8H,3-7H2,1-2H3,(H2,11,14,15). The molecule has 0 saturated carbocycles. The molecule has 0 fully saturated rings. The largest absolute Gasteiger partial charge is 0.465 e. The molecule has 16 heavy (non-hydrogen) atoms. The van der Waals surface area contributed by atoms with Crippen molar-refractivity contribution in [3.63, 3.8) is 0 Å². The molecule has 3 nitrogen and oxygen atoms in total. The third-order valence-corrected chi connectivity index (χ3v) is 6.05. The summed E-state index contributed by atoms with van der Waals surface area (Å²) in [6.45, 7) is 4.25. The average molecular weight is 302 g/mol. The molecule has 1 N–H and O–H groups in total. The minimum Gasteiger partial charge on any atom is -0.465 e. The van der Waals surface area contributed by atoms with Crippen molar-refractivity contribution in [1.82, 2.24) is 0 Å². The number of hydrogen-bond acceptors (Lipinski definition) is 4. The Morgan fingerprint density at radius 2 is 2.19 bits per heavy atom. The van der Waals surface area contributed by atoms with Gasteiger partial charge in [-0.1, -0.05) is 37.6 Å². The molecule has 0 aliphatic rings. The first-order valence-electron chi connectivity index (χ1n) is 5.27. The van der Waals surface area contributed by atoms with Gasteiger partial charge in [-0.3, -0.25) is 4.79 Å².